The second-order valence-corrected chi connectivity index (χ2v) is 8.58. The molecule has 3 aromatic rings. The highest BCUT2D eigenvalue weighted by molar-refractivity contribution is 6.03. The number of anilines is 1. The number of hydrogen-bond acceptors (Lipinski definition) is 7. The molecule has 0 amide bonds. The van der Waals surface area contributed by atoms with Crippen LogP contribution < -0.4 is 5.32 Å². The van der Waals surface area contributed by atoms with E-state index in [0.29, 0.717) is 23.9 Å². The van der Waals surface area contributed by atoms with Crippen molar-refractivity contribution in [1.29, 1.82) is 0 Å². The molecule has 1 N–H and O–H groups in total. The SMILES string of the molecule is Cc1cccc(C(=O)CN2C(C)CCC2CNc2ncc(C(C)(F)F)cn2)c1-c1ncco1. The summed E-state index contributed by atoms with van der Waals surface area (Å²) in [5.74, 6) is -2.26. The molecule has 33 heavy (non-hydrogen) atoms. The van der Waals surface area contributed by atoms with Crippen LogP contribution in [0, 0.1) is 6.92 Å². The van der Waals surface area contributed by atoms with Gasteiger partial charge in [-0.3, -0.25) is 9.69 Å². The molecule has 1 aliphatic rings. The van der Waals surface area contributed by atoms with Gasteiger partial charge in [0.25, 0.3) is 5.92 Å². The first-order valence-electron chi connectivity index (χ1n) is 11.0. The van der Waals surface area contributed by atoms with Crippen molar-refractivity contribution in [3.8, 4) is 11.5 Å². The maximum absolute atomic E-state index is 13.4. The number of ketones is 1. The Bertz CT molecular complexity index is 1100. The van der Waals surface area contributed by atoms with E-state index in [0.717, 1.165) is 43.3 Å². The van der Waals surface area contributed by atoms with E-state index in [9.17, 15) is 13.6 Å². The van der Waals surface area contributed by atoms with Gasteiger partial charge in [-0.1, -0.05) is 18.2 Å². The highest BCUT2D eigenvalue weighted by atomic mass is 19.3. The fourth-order valence-corrected chi connectivity index (χ4v) is 4.27. The first kappa shape index (κ1) is 23.0. The van der Waals surface area contributed by atoms with Crippen molar-refractivity contribution in [2.45, 2.75) is 51.6 Å². The zero-order valence-electron chi connectivity index (χ0n) is 18.9. The highest BCUT2D eigenvalue weighted by Crippen LogP contribution is 2.29. The molecule has 2 atom stereocenters. The van der Waals surface area contributed by atoms with Crippen LogP contribution in [-0.2, 0) is 5.92 Å². The number of carbonyl (C=O) groups excluding carboxylic acids is 1. The Balaban J connectivity index is 1.45. The Hall–Kier alpha value is -3.20. The van der Waals surface area contributed by atoms with Crippen molar-refractivity contribution < 1.29 is 18.0 Å². The number of rotatable bonds is 8. The van der Waals surface area contributed by atoms with Gasteiger partial charge in [-0.2, -0.15) is 0 Å². The lowest BCUT2D eigenvalue weighted by molar-refractivity contribution is 0.0167. The first-order chi connectivity index (χ1) is 15.7. The molecular formula is C24H27F2N5O2. The van der Waals surface area contributed by atoms with Crippen LogP contribution in [0.5, 0.6) is 0 Å². The van der Waals surface area contributed by atoms with Crippen LogP contribution in [-0.4, -0.2) is 50.8 Å². The van der Waals surface area contributed by atoms with E-state index >= 15 is 0 Å². The zero-order valence-corrected chi connectivity index (χ0v) is 18.9. The molecule has 3 heterocycles. The summed E-state index contributed by atoms with van der Waals surface area (Å²) >= 11 is 0. The summed E-state index contributed by atoms with van der Waals surface area (Å²) in [6.07, 6.45) is 7.20. The average Bonchev–Trinajstić information content (AvgIpc) is 3.42. The number of oxazole rings is 1. The van der Waals surface area contributed by atoms with Gasteiger partial charge < -0.3 is 9.73 Å². The molecule has 0 saturated carbocycles. The Labute approximate surface area is 191 Å². The Morgan fingerprint density at radius 1 is 1.24 bits per heavy atom. The van der Waals surface area contributed by atoms with Gasteiger partial charge in [0.05, 0.1) is 23.9 Å². The average molecular weight is 456 g/mol. The van der Waals surface area contributed by atoms with Gasteiger partial charge >= 0.3 is 0 Å². The molecular weight excluding hydrogens is 428 g/mol. The molecule has 174 valence electrons. The number of hydrogen-bond donors (Lipinski definition) is 1. The predicted molar refractivity (Wildman–Crippen MR) is 120 cm³/mol. The summed E-state index contributed by atoms with van der Waals surface area (Å²) in [5, 5.41) is 3.13. The fraction of sp³-hybridized carbons (Fsp3) is 0.417. The number of benzene rings is 1. The van der Waals surface area contributed by atoms with Gasteiger partial charge in [0, 0.05) is 43.5 Å². The molecule has 0 aliphatic carbocycles. The normalized spacial score (nSPS) is 19.1. The van der Waals surface area contributed by atoms with E-state index < -0.39 is 5.92 Å². The number of aryl methyl sites for hydroxylation is 1. The second-order valence-electron chi connectivity index (χ2n) is 8.58. The number of carbonyl (C=O) groups is 1. The third kappa shape index (κ3) is 5.08. The Morgan fingerprint density at radius 3 is 2.67 bits per heavy atom. The van der Waals surface area contributed by atoms with Crippen LogP contribution in [0.3, 0.4) is 0 Å². The number of nitrogens with zero attached hydrogens (tertiary/aromatic N) is 4. The third-order valence-corrected chi connectivity index (χ3v) is 6.15. The summed E-state index contributed by atoms with van der Waals surface area (Å²) < 4.78 is 32.2. The molecule has 2 aromatic heterocycles. The third-order valence-electron chi connectivity index (χ3n) is 6.15. The molecule has 1 aromatic carbocycles. The lowest BCUT2D eigenvalue weighted by atomic mass is 9.98. The Kier molecular flexibility index (Phi) is 6.51. The van der Waals surface area contributed by atoms with Gasteiger partial charge in [0.2, 0.25) is 11.8 Å². The number of likely N-dealkylation sites (tertiary alicyclic amines) is 1. The van der Waals surface area contributed by atoms with E-state index in [2.05, 4.69) is 32.1 Å². The molecule has 0 radical (unpaired) electrons. The fourth-order valence-electron chi connectivity index (χ4n) is 4.27. The number of aromatic nitrogens is 3. The quantitative estimate of drug-likeness (QED) is 0.493. The minimum Gasteiger partial charge on any atom is -0.444 e. The minimum absolute atomic E-state index is 0.00331. The van der Waals surface area contributed by atoms with Gasteiger partial charge in [-0.15, -0.1) is 0 Å². The summed E-state index contributed by atoms with van der Waals surface area (Å²) in [6, 6.07) is 5.93. The zero-order chi connectivity index (χ0) is 23.6. The van der Waals surface area contributed by atoms with E-state index in [4.69, 9.17) is 4.42 Å². The smallest absolute Gasteiger partial charge is 0.273 e. The lowest BCUT2D eigenvalue weighted by Crippen LogP contribution is -2.42. The summed E-state index contributed by atoms with van der Waals surface area (Å²) in [6.45, 7) is 5.62. The molecule has 1 aliphatic heterocycles. The molecule has 0 spiro atoms. The number of halogens is 2. The van der Waals surface area contributed by atoms with Crippen molar-refractivity contribution >= 4 is 11.7 Å². The van der Waals surface area contributed by atoms with Crippen LogP contribution in [0.15, 0.2) is 47.5 Å². The maximum Gasteiger partial charge on any atom is 0.273 e. The predicted octanol–water partition coefficient (Wildman–Crippen LogP) is 4.70. The van der Waals surface area contributed by atoms with Crippen LogP contribution >= 0.6 is 0 Å². The van der Waals surface area contributed by atoms with Crippen molar-refractivity contribution in [1.82, 2.24) is 19.9 Å². The molecule has 9 heteroatoms. The van der Waals surface area contributed by atoms with Crippen LogP contribution in [0.25, 0.3) is 11.5 Å². The monoisotopic (exact) mass is 455 g/mol. The van der Waals surface area contributed by atoms with E-state index in [1.807, 2.05) is 25.1 Å². The first-order valence-corrected chi connectivity index (χ1v) is 11.0. The number of alkyl halides is 2. The molecule has 2 unspecified atom stereocenters. The second kappa shape index (κ2) is 9.35. The largest absolute Gasteiger partial charge is 0.444 e. The van der Waals surface area contributed by atoms with Crippen LogP contribution in [0.4, 0.5) is 14.7 Å². The summed E-state index contributed by atoms with van der Waals surface area (Å²) in [5.41, 5.74) is 2.00. The van der Waals surface area contributed by atoms with Crippen molar-refractivity contribution in [2.75, 3.05) is 18.4 Å². The summed E-state index contributed by atoms with van der Waals surface area (Å²) in [7, 11) is 0. The number of Topliss-reactive ketones (excluding diaryl/α,β-unsaturated/α-hetero) is 1. The minimum atomic E-state index is -2.98. The molecule has 1 saturated heterocycles. The molecule has 4 rings (SSSR count). The topological polar surface area (TPSA) is 84.2 Å². The molecule has 7 nitrogen and oxygen atoms in total. The molecule has 1 fully saturated rings. The van der Waals surface area contributed by atoms with Gasteiger partial charge in [0.1, 0.15) is 6.26 Å². The standard InChI is InChI=1S/C24H27F2N5O2/c1-15-5-4-6-19(21(15)22-27-9-10-33-22)20(32)14-31-16(2)7-8-18(31)13-30-23-28-11-17(12-29-23)24(3,25)26/h4-6,9-12,16,18H,7-8,13-14H2,1-3H3,(H,28,29,30). The van der Waals surface area contributed by atoms with Crippen LogP contribution in [0.2, 0.25) is 0 Å². The summed E-state index contributed by atoms with van der Waals surface area (Å²) in [4.78, 5) is 27.8. The maximum atomic E-state index is 13.4. The number of nitrogens with one attached hydrogen (secondary N) is 1. The van der Waals surface area contributed by atoms with Crippen molar-refractivity contribution in [3.63, 3.8) is 0 Å². The van der Waals surface area contributed by atoms with E-state index in [1.165, 1.54) is 6.26 Å². The van der Waals surface area contributed by atoms with Gasteiger partial charge in [0.15, 0.2) is 5.78 Å². The van der Waals surface area contributed by atoms with Gasteiger partial charge in [-0.25, -0.2) is 23.7 Å². The lowest BCUT2D eigenvalue weighted by Gasteiger charge is -2.28. The van der Waals surface area contributed by atoms with Crippen LogP contribution in [0.1, 0.15) is 48.2 Å². The van der Waals surface area contributed by atoms with Crippen molar-refractivity contribution in [3.05, 3.63) is 59.7 Å². The van der Waals surface area contributed by atoms with Crippen molar-refractivity contribution in [2.24, 2.45) is 0 Å². The highest BCUT2D eigenvalue weighted by Gasteiger charge is 2.33. The van der Waals surface area contributed by atoms with Gasteiger partial charge in [-0.05, 0) is 32.3 Å². The molecule has 0 bridgehead atoms. The van der Waals surface area contributed by atoms with E-state index in [1.54, 1.807) is 6.20 Å². The Morgan fingerprint density at radius 2 is 2.00 bits per heavy atom. The van der Waals surface area contributed by atoms with E-state index in [-0.39, 0.29) is 30.0 Å².